The number of hydrogen-bond acceptors (Lipinski definition) is 4. The minimum absolute atomic E-state index is 0.122. The fourth-order valence-electron chi connectivity index (χ4n) is 3.11. The van der Waals surface area contributed by atoms with Gasteiger partial charge in [0.05, 0.1) is 0 Å². The molecule has 0 bridgehead atoms. The molecule has 0 unspecified atom stereocenters. The summed E-state index contributed by atoms with van der Waals surface area (Å²) in [5.74, 6) is 0. The molecule has 0 aliphatic heterocycles. The Hall–Kier alpha value is -0.760. The smallest absolute Gasteiger partial charge is 0.404 e. The quantitative estimate of drug-likeness (QED) is 0.567. The van der Waals surface area contributed by atoms with Gasteiger partial charge in [0.1, 0.15) is 0 Å². The first-order chi connectivity index (χ1) is 10.5. The molecule has 22 heavy (non-hydrogen) atoms. The molecule has 0 saturated heterocycles. The van der Waals surface area contributed by atoms with Gasteiger partial charge in [-0.1, -0.05) is 21.6 Å². The second-order valence-electron chi connectivity index (χ2n) is 6.04. The van der Waals surface area contributed by atoms with Gasteiger partial charge in [0.2, 0.25) is 0 Å². The average Bonchev–Trinajstić information content (AvgIpc) is 2.47. The lowest BCUT2D eigenvalue weighted by molar-refractivity contribution is 0.185. The van der Waals surface area contributed by atoms with Crippen molar-refractivity contribution in [3.8, 4) is 0 Å². The SMILES string of the molecule is O=C(O)NC1CCC(SSC2CCC(NC(=O)O)CC2)CC1. The van der Waals surface area contributed by atoms with Gasteiger partial charge in [0, 0.05) is 22.6 Å². The van der Waals surface area contributed by atoms with Crippen LogP contribution in [-0.4, -0.2) is 45.0 Å². The van der Waals surface area contributed by atoms with Gasteiger partial charge >= 0.3 is 12.2 Å². The molecule has 2 aliphatic rings. The van der Waals surface area contributed by atoms with E-state index in [2.05, 4.69) is 10.6 Å². The number of amides is 2. The van der Waals surface area contributed by atoms with E-state index in [0.717, 1.165) is 51.4 Å². The molecule has 0 spiro atoms. The van der Waals surface area contributed by atoms with Gasteiger partial charge in [-0.05, 0) is 51.4 Å². The molecule has 2 aliphatic carbocycles. The van der Waals surface area contributed by atoms with Crippen molar-refractivity contribution in [2.75, 3.05) is 0 Å². The molecule has 2 fully saturated rings. The third kappa shape index (κ3) is 6.16. The van der Waals surface area contributed by atoms with Crippen LogP contribution in [0.25, 0.3) is 0 Å². The van der Waals surface area contributed by atoms with Gasteiger partial charge in [-0.15, -0.1) is 0 Å². The highest BCUT2D eigenvalue weighted by Gasteiger charge is 2.26. The fraction of sp³-hybridized carbons (Fsp3) is 0.857. The number of carbonyl (C=O) groups is 2. The van der Waals surface area contributed by atoms with E-state index >= 15 is 0 Å². The summed E-state index contributed by atoms with van der Waals surface area (Å²) in [6, 6.07) is 0.244. The zero-order valence-electron chi connectivity index (χ0n) is 12.5. The second-order valence-corrected chi connectivity index (χ2v) is 8.91. The predicted molar refractivity (Wildman–Crippen MR) is 89.6 cm³/mol. The first kappa shape index (κ1) is 17.6. The Morgan fingerprint density at radius 2 is 1.00 bits per heavy atom. The summed E-state index contributed by atoms with van der Waals surface area (Å²) in [6.07, 6.45) is 6.15. The predicted octanol–water partition coefficient (Wildman–Crippen LogP) is 3.53. The van der Waals surface area contributed by atoms with Gasteiger partial charge in [-0.25, -0.2) is 9.59 Å². The fourth-order valence-corrected chi connectivity index (χ4v) is 6.45. The number of nitrogens with one attached hydrogen (secondary N) is 2. The molecule has 2 saturated carbocycles. The van der Waals surface area contributed by atoms with Gasteiger partial charge in [0.25, 0.3) is 0 Å². The van der Waals surface area contributed by atoms with Crippen molar-refractivity contribution in [1.82, 2.24) is 10.6 Å². The molecule has 0 aromatic rings. The molecule has 6 nitrogen and oxygen atoms in total. The van der Waals surface area contributed by atoms with Crippen molar-refractivity contribution in [2.24, 2.45) is 0 Å². The van der Waals surface area contributed by atoms with Gasteiger partial charge < -0.3 is 20.8 Å². The molecule has 8 heteroatoms. The second kappa shape index (κ2) is 8.76. The molecule has 0 radical (unpaired) electrons. The lowest BCUT2D eigenvalue weighted by atomic mass is 9.95. The van der Waals surface area contributed by atoms with Crippen LogP contribution in [0.5, 0.6) is 0 Å². The van der Waals surface area contributed by atoms with Gasteiger partial charge in [-0.3, -0.25) is 0 Å². The van der Waals surface area contributed by atoms with E-state index in [9.17, 15) is 9.59 Å². The zero-order valence-corrected chi connectivity index (χ0v) is 14.1. The van der Waals surface area contributed by atoms with Crippen LogP contribution in [-0.2, 0) is 0 Å². The lowest BCUT2D eigenvalue weighted by Gasteiger charge is -2.31. The van der Waals surface area contributed by atoms with E-state index in [1.54, 1.807) is 0 Å². The standard InChI is InChI=1S/C14H24N2O4S2/c17-13(18)15-9-1-5-11(6-2-9)21-22-12-7-3-10(4-8-12)16-14(19)20/h9-12,15-16H,1-8H2,(H,17,18)(H,19,20). The molecule has 0 heterocycles. The maximum Gasteiger partial charge on any atom is 0.404 e. The van der Waals surface area contributed by atoms with Crippen LogP contribution >= 0.6 is 21.6 Å². The number of rotatable bonds is 5. The molecule has 2 rings (SSSR count). The maximum absolute atomic E-state index is 10.6. The molecule has 0 atom stereocenters. The molecule has 4 N–H and O–H groups in total. The molecule has 2 amide bonds. The van der Waals surface area contributed by atoms with Crippen LogP contribution < -0.4 is 10.6 Å². The Bertz CT molecular complexity index is 345. The van der Waals surface area contributed by atoms with Crippen molar-refractivity contribution < 1.29 is 19.8 Å². The summed E-state index contributed by atoms with van der Waals surface area (Å²) in [4.78, 5) is 21.2. The van der Waals surface area contributed by atoms with Crippen molar-refractivity contribution in [3.05, 3.63) is 0 Å². The summed E-state index contributed by atoms with van der Waals surface area (Å²) < 4.78 is 0. The summed E-state index contributed by atoms with van der Waals surface area (Å²) in [6.45, 7) is 0. The summed E-state index contributed by atoms with van der Waals surface area (Å²) in [5, 5.41) is 23.8. The van der Waals surface area contributed by atoms with Crippen molar-refractivity contribution in [1.29, 1.82) is 0 Å². The van der Waals surface area contributed by atoms with Crippen LogP contribution in [0.3, 0.4) is 0 Å². The average molecular weight is 348 g/mol. The van der Waals surface area contributed by atoms with Crippen LogP contribution in [0.4, 0.5) is 9.59 Å². The van der Waals surface area contributed by atoms with Crippen LogP contribution in [0.15, 0.2) is 0 Å². The molecular weight excluding hydrogens is 324 g/mol. The van der Waals surface area contributed by atoms with Crippen molar-refractivity contribution in [2.45, 2.75) is 74.0 Å². The normalized spacial score (nSPS) is 32.2. The monoisotopic (exact) mass is 348 g/mol. The van der Waals surface area contributed by atoms with Gasteiger partial charge in [0.15, 0.2) is 0 Å². The Labute approximate surface area is 138 Å². The van der Waals surface area contributed by atoms with E-state index in [-0.39, 0.29) is 12.1 Å². The summed E-state index contributed by atoms with van der Waals surface area (Å²) in [7, 11) is 3.89. The van der Waals surface area contributed by atoms with E-state index in [1.807, 2.05) is 21.6 Å². The topological polar surface area (TPSA) is 98.7 Å². The Balaban J connectivity index is 1.58. The Morgan fingerprint density at radius 1 is 0.682 bits per heavy atom. The maximum atomic E-state index is 10.6. The molecule has 0 aromatic heterocycles. The highest BCUT2D eigenvalue weighted by molar-refractivity contribution is 8.77. The zero-order chi connectivity index (χ0) is 15.9. The van der Waals surface area contributed by atoms with Crippen molar-refractivity contribution in [3.63, 3.8) is 0 Å². The van der Waals surface area contributed by atoms with E-state index in [4.69, 9.17) is 10.2 Å². The largest absolute Gasteiger partial charge is 0.465 e. The number of carboxylic acid groups (broad SMARTS) is 2. The summed E-state index contributed by atoms with van der Waals surface area (Å²) >= 11 is 0. The third-order valence-corrected chi connectivity index (χ3v) is 7.90. The molecule has 126 valence electrons. The van der Waals surface area contributed by atoms with Crippen molar-refractivity contribution >= 4 is 33.8 Å². The van der Waals surface area contributed by atoms with E-state index < -0.39 is 12.2 Å². The van der Waals surface area contributed by atoms with Crippen LogP contribution in [0.1, 0.15) is 51.4 Å². The molecule has 0 aromatic carbocycles. The minimum atomic E-state index is -0.919. The first-order valence-corrected chi connectivity index (χ1v) is 10.1. The minimum Gasteiger partial charge on any atom is -0.465 e. The lowest BCUT2D eigenvalue weighted by Crippen LogP contribution is -2.37. The van der Waals surface area contributed by atoms with E-state index in [0.29, 0.717) is 10.5 Å². The van der Waals surface area contributed by atoms with E-state index in [1.165, 1.54) is 0 Å². The third-order valence-electron chi connectivity index (χ3n) is 4.33. The Morgan fingerprint density at radius 3 is 1.27 bits per heavy atom. The number of hydrogen-bond donors (Lipinski definition) is 4. The first-order valence-electron chi connectivity index (χ1n) is 7.84. The molecular formula is C14H24N2O4S2. The van der Waals surface area contributed by atoms with Crippen LogP contribution in [0.2, 0.25) is 0 Å². The highest BCUT2D eigenvalue weighted by Crippen LogP contribution is 2.42. The highest BCUT2D eigenvalue weighted by atomic mass is 33.1. The summed E-state index contributed by atoms with van der Waals surface area (Å²) in [5.41, 5.74) is 0. The Kier molecular flexibility index (Phi) is 7.01. The van der Waals surface area contributed by atoms with Gasteiger partial charge in [-0.2, -0.15) is 0 Å². The van der Waals surface area contributed by atoms with Crippen LogP contribution in [0, 0.1) is 0 Å².